The molecule has 0 aliphatic carbocycles. The fourth-order valence-electron chi connectivity index (χ4n) is 3.19. The van der Waals surface area contributed by atoms with E-state index in [1.165, 1.54) is 24.3 Å². The Bertz CT molecular complexity index is 1270. The van der Waals surface area contributed by atoms with E-state index < -0.39 is 23.4 Å². The minimum absolute atomic E-state index is 0.00281. The number of hydrogen-bond donors (Lipinski definition) is 1. The molecule has 0 radical (unpaired) electrons. The standard InChI is InChI=1S/C25H22N2O6/c1-15-8-11-21(22(12-15)27(31)32)26-23(28)14-33-25(30)20-7-5-4-6-19(20)24(29)18-10-9-16(2)17(3)13-18/h4-13H,14H2,1-3H3,(H,26,28). The highest BCUT2D eigenvalue weighted by Gasteiger charge is 2.21. The molecule has 0 saturated carbocycles. The van der Waals surface area contributed by atoms with Crippen LogP contribution in [-0.2, 0) is 9.53 Å². The molecule has 33 heavy (non-hydrogen) atoms. The summed E-state index contributed by atoms with van der Waals surface area (Å²) in [7, 11) is 0. The fourth-order valence-corrected chi connectivity index (χ4v) is 3.19. The Labute approximate surface area is 190 Å². The van der Waals surface area contributed by atoms with E-state index >= 15 is 0 Å². The number of anilines is 1. The quantitative estimate of drug-likeness (QED) is 0.246. The fraction of sp³-hybridized carbons (Fsp3) is 0.160. The third-order valence-electron chi connectivity index (χ3n) is 5.12. The Morgan fingerprint density at radius 2 is 1.61 bits per heavy atom. The largest absolute Gasteiger partial charge is 0.452 e. The molecule has 0 spiro atoms. The Kier molecular flexibility index (Phi) is 6.97. The van der Waals surface area contributed by atoms with E-state index in [1.54, 1.807) is 37.3 Å². The average Bonchev–Trinajstić information content (AvgIpc) is 2.79. The molecule has 0 aliphatic rings. The predicted molar refractivity (Wildman–Crippen MR) is 123 cm³/mol. The molecular formula is C25H22N2O6. The van der Waals surface area contributed by atoms with E-state index in [0.29, 0.717) is 11.1 Å². The van der Waals surface area contributed by atoms with Gasteiger partial charge in [0.15, 0.2) is 12.4 Å². The second kappa shape index (κ2) is 9.86. The summed E-state index contributed by atoms with van der Waals surface area (Å²) in [5.41, 5.74) is 2.99. The third kappa shape index (κ3) is 5.48. The second-order valence-electron chi connectivity index (χ2n) is 7.58. The summed E-state index contributed by atoms with van der Waals surface area (Å²) in [6.45, 7) is 4.85. The summed E-state index contributed by atoms with van der Waals surface area (Å²) in [6.07, 6.45) is 0. The molecule has 0 aliphatic heterocycles. The molecule has 1 amide bonds. The van der Waals surface area contributed by atoms with Gasteiger partial charge in [-0.2, -0.15) is 0 Å². The van der Waals surface area contributed by atoms with Crippen molar-refractivity contribution in [3.8, 4) is 0 Å². The van der Waals surface area contributed by atoms with E-state index in [0.717, 1.165) is 11.1 Å². The first-order valence-electron chi connectivity index (χ1n) is 10.1. The molecule has 3 aromatic carbocycles. The smallest absolute Gasteiger partial charge is 0.339 e. The number of esters is 1. The van der Waals surface area contributed by atoms with Crippen molar-refractivity contribution in [1.29, 1.82) is 0 Å². The van der Waals surface area contributed by atoms with Gasteiger partial charge in [0, 0.05) is 17.2 Å². The number of rotatable bonds is 7. The summed E-state index contributed by atoms with van der Waals surface area (Å²) in [5, 5.41) is 13.6. The lowest BCUT2D eigenvalue weighted by atomic mass is 9.96. The van der Waals surface area contributed by atoms with Gasteiger partial charge in [-0.3, -0.25) is 19.7 Å². The topological polar surface area (TPSA) is 116 Å². The van der Waals surface area contributed by atoms with Gasteiger partial charge in [0.25, 0.3) is 11.6 Å². The van der Waals surface area contributed by atoms with Crippen molar-refractivity contribution >= 4 is 29.0 Å². The minimum atomic E-state index is -0.851. The Hall–Kier alpha value is -4.33. The third-order valence-corrected chi connectivity index (χ3v) is 5.12. The Morgan fingerprint density at radius 1 is 0.909 bits per heavy atom. The van der Waals surface area contributed by atoms with Crippen molar-refractivity contribution in [2.24, 2.45) is 0 Å². The van der Waals surface area contributed by atoms with Crippen LogP contribution in [-0.4, -0.2) is 29.2 Å². The molecular weight excluding hydrogens is 424 g/mol. The first-order valence-corrected chi connectivity index (χ1v) is 10.1. The number of benzene rings is 3. The number of amides is 1. The number of nitro benzene ring substituents is 1. The first kappa shape index (κ1) is 23.3. The number of ether oxygens (including phenoxy) is 1. The van der Waals surface area contributed by atoms with Crippen molar-refractivity contribution in [3.63, 3.8) is 0 Å². The highest BCUT2D eigenvalue weighted by Crippen LogP contribution is 2.25. The lowest BCUT2D eigenvalue weighted by Gasteiger charge is -2.11. The van der Waals surface area contributed by atoms with Crippen LogP contribution in [0.25, 0.3) is 0 Å². The Morgan fingerprint density at radius 3 is 2.27 bits per heavy atom. The average molecular weight is 446 g/mol. The molecule has 0 fully saturated rings. The van der Waals surface area contributed by atoms with Gasteiger partial charge in [0.2, 0.25) is 0 Å². The van der Waals surface area contributed by atoms with E-state index in [-0.39, 0.29) is 28.3 Å². The summed E-state index contributed by atoms with van der Waals surface area (Å²) in [4.78, 5) is 48.5. The van der Waals surface area contributed by atoms with Crippen LogP contribution in [0.2, 0.25) is 0 Å². The maximum atomic E-state index is 13.0. The van der Waals surface area contributed by atoms with Gasteiger partial charge in [-0.25, -0.2) is 4.79 Å². The molecule has 0 atom stereocenters. The number of nitrogens with zero attached hydrogens (tertiary/aromatic N) is 1. The zero-order valence-electron chi connectivity index (χ0n) is 18.4. The van der Waals surface area contributed by atoms with Crippen molar-refractivity contribution in [1.82, 2.24) is 0 Å². The molecule has 8 heteroatoms. The molecule has 0 unspecified atom stereocenters. The van der Waals surface area contributed by atoms with Gasteiger partial charge in [-0.05, 0) is 55.7 Å². The molecule has 3 rings (SSSR count). The van der Waals surface area contributed by atoms with Gasteiger partial charge >= 0.3 is 5.97 Å². The van der Waals surface area contributed by atoms with E-state index in [2.05, 4.69) is 5.32 Å². The molecule has 0 saturated heterocycles. The molecule has 168 valence electrons. The van der Waals surface area contributed by atoms with Gasteiger partial charge in [0.1, 0.15) is 5.69 Å². The summed E-state index contributed by atoms with van der Waals surface area (Å²) in [5.74, 6) is -1.94. The molecule has 0 aromatic heterocycles. The van der Waals surface area contributed by atoms with Crippen LogP contribution < -0.4 is 5.32 Å². The zero-order valence-corrected chi connectivity index (χ0v) is 18.4. The van der Waals surface area contributed by atoms with Crippen molar-refractivity contribution in [2.45, 2.75) is 20.8 Å². The first-order chi connectivity index (χ1) is 15.7. The molecule has 8 nitrogen and oxygen atoms in total. The van der Waals surface area contributed by atoms with Crippen LogP contribution in [0.4, 0.5) is 11.4 Å². The van der Waals surface area contributed by atoms with E-state index in [9.17, 15) is 24.5 Å². The highest BCUT2D eigenvalue weighted by atomic mass is 16.6. The van der Waals surface area contributed by atoms with Crippen molar-refractivity contribution in [2.75, 3.05) is 11.9 Å². The predicted octanol–water partition coefficient (Wildman–Crippen LogP) is 4.55. The summed E-state index contributed by atoms with van der Waals surface area (Å²) >= 11 is 0. The van der Waals surface area contributed by atoms with Crippen LogP contribution >= 0.6 is 0 Å². The second-order valence-corrected chi connectivity index (χ2v) is 7.58. The minimum Gasteiger partial charge on any atom is -0.452 e. The highest BCUT2D eigenvalue weighted by molar-refractivity contribution is 6.14. The van der Waals surface area contributed by atoms with E-state index in [4.69, 9.17) is 4.74 Å². The van der Waals surface area contributed by atoms with Crippen LogP contribution in [0.15, 0.2) is 60.7 Å². The monoisotopic (exact) mass is 446 g/mol. The van der Waals surface area contributed by atoms with Crippen molar-refractivity contribution < 1.29 is 24.0 Å². The molecule has 0 heterocycles. The molecule has 1 N–H and O–H groups in total. The maximum Gasteiger partial charge on any atom is 0.339 e. The summed E-state index contributed by atoms with van der Waals surface area (Å²) < 4.78 is 5.08. The molecule has 3 aromatic rings. The van der Waals surface area contributed by atoms with Gasteiger partial charge < -0.3 is 10.1 Å². The van der Waals surface area contributed by atoms with Gasteiger partial charge in [0.05, 0.1) is 10.5 Å². The van der Waals surface area contributed by atoms with Crippen LogP contribution in [0.1, 0.15) is 43.0 Å². The Balaban J connectivity index is 1.73. The van der Waals surface area contributed by atoms with Crippen LogP contribution in [0.5, 0.6) is 0 Å². The number of ketones is 1. The van der Waals surface area contributed by atoms with E-state index in [1.807, 2.05) is 19.9 Å². The van der Waals surface area contributed by atoms with Crippen molar-refractivity contribution in [3.05, 3.63) is 104 Å². The summed E-state index contributed by atoms with van der Waals surface area (Å²) in [6, 6.07) is 15.8. The van der Waals surface area contributed by atoms with Gasteiger partial charge in [-0.1, -0.05) is 36.4 Å². The van der Waals surface area contributed by atoms with Crippen LogP contribution in [0, 0.1) is 30.9 Å². The number of carbonyl (C=O) groups is 3. The molecule has 0 bridgehead atoms. The number of carbonyl (C=O) groups excluding carboxylic acids is 3. The lowest BCUT2D eigenvalue weighted by molar-refractivity contribution is -0.384. The lowest BCUT2D eigenvalue weighted by Crippen LogP contribution is -2.22. The SMILES string of the molecule is Cc1ccc(NC(=O)COC(=O)c2ccccc2C(=O)c2ccc(C)c(C)c2)c([N+](=O)[O-])c1. The number of nitro groups is 1. The number of nitrogens with one attached hydrogen (secondary N) is 1. The normalized spacial score (nSPS) is 10.4. The zero-order chi connectivity index (χ0) is 24.1. The van der Waals surface area contributed by atoms with Gasteiger partial charge in [-0.15, -0.1) is 0 Å². The van der Waals surface area contributed by atoms with Crippen LogP contribution in [0.3, 0.4) is 0 Å². The number of hydrogen-bond acceptors (Lipinski definition) is 6. The maximum absolute atomic E-state index is 13.0. The number of aryl methyl sites for hydroxylation is 3.